The van der Waals surface area contributed by atoms with Gasteiger partial charge in [0.25, 0.3) is 5.91 Å². The maximum atomic E-state index is 12.2. The van der Waals surface area contributed by atoms with Crippen LogP contribution in [-0.2, 0) is 17.8 Å². The molecule has 2 aliphatic heterocycles. The molecule has 1 aromatic heterocycles. The maximum Gasteiger partial charge on any atom is 0.300 e. The third-order valence-corrected chi connectivity index (χ3v) is 3.75. The number of ether oxygens (including phenoxy) is 1. The van der Waals surface area contributed by atoms with Gasteiger partial charge in [-0.1, -0.05) is 0 Å². The van der Waals surface area contributed by atoms with Crippen LogP contribution in [0.2, 0.25) is 0 Å². The summed E-state index contributed by atoms with van der Waals surface area (Å²) in [6.07, 6.45) is 3.03. The van der Waals surface area contributed by atoms with Gasteiger partial charge in [-0.05, 0) is 38.3 Å². The summed E-state index contributed by atoms with van der Waals surface area (Å²) in [5, 5.41) is 18.3. The highest BCUT2D eigenvalue weighted by Gasteiger charge is 2.28. The van der Waals surface area contributed by atoms with Crippen molar-refractivity contribution in [2.24, 2.45) is 0 Å². The lowest BCUT2D eigenvalue weighted by Gasteiger charge is -2.28. The molecule has 1 amide bonds. The van der Waals surface area contributed by atoms with Gasteiger partial charge in [-0.2, -0.15) is 10.2 Å². The molecule has 0 bridgehead atoms. The van der Waals surface area contributed by atoms with E-state index >= 15 is 0 Å². The molecule has 2 N–H and O–H groups in total. The monoisotopic (exact) mass is 280 g/mol. The summed E-state index contributed by atoms with van der Waals surface area (Å²) in [6, 6.07) is 1.74. The van der Waals surface area contributed by atoms with E-state index in [1.807, 2.05) is 4.68 Å². The molecule has 0 radical (unpaired) electrons. The number of aromatic nitrogens is 2. The smallest absolute Gasteiger partial charge is 0.300 e. The molecule has 1 unspecified atom stereocenters. The number of nitrogens with one attached hydrogen (secondary N) is 1. The summed E-state index contributed by atoms with van der Waals surface area (Å²) in [5.41, 5.74) is 1.25. The fourth-order valence-electron chi connectivity index (χ4n) is 2.63. The highest BCUT2D eigenvalue weighted by molar-refractivity contribution is 5.91. The number of hydroxylamine groups is 2. The van der Waals surface area contributed by atoms with Crippen molar-refractivity contribution in [3.05, 3.63) is 17.5 Å². The molecule has 1 atom stereocenters. The molecule has 3 rings (SSSR count). The van der Waals surface area contributed by atoms with E-state index in [1.54, 1.807) is 6.07 Å². The number of carbonyl (C=O) groups is 1. The number of carbonyl (C=O) groups excluding carboxylic acids is 1. The van der Waals surface area contributed by atoms with Crippen molar-refractivity contribution in [2.45, 2.75) is 45.0 Å². The molecule has 7 nitrogen and oxygen atoms in total. The molecule has 1 fully saturated rings. The van der Waals surface area contributed by atoms with Gasteiger partial charge in [-0.25, -0.2) is 0 Å². The Morgan fingerprint density at radius 2 is 2.40 bits per heavy atom. The number of nitrogens with zero attached hydrogens (tertiary/aromatic N) is 3. The predicted molar refractivity (Wildman–Crippen MR) is 70.1 cm³/mol. The molecule has 20 heavy (non-hydrogen) atoms. The lowest BCUT2D eigenvalue weighted by Crippen LogP contribution is -2.41. The van der Waals surface area contributed by atoms with Crippen LogP contribution in [0.25, 0.3) is 0 Å². The van der Waals surface area contributed by atoms with Crippen LogP contribution in [0.15, 0.2) is 6.07 Å². The zero-order valence-electron chi connectivity index (χ0n) is 11.4. The van der Waals surface area contributed by atoms with Gasteiger partial charge in [0.1, 0.15) is 0 Å². The summed E-state index contributed by atoms with van der Waals surface area (Å²) in [4.78, 5) is 12.2. The molecule has 7 heteroatoms. The summed E-state index contributed by atoms with van der Waals surface area (Å²) in [5.74, 6) is -0.488. The zero-order chi connectivity index (χ0) is 13.9. The normalized spacial score (nSPS) is 22.9. The number of aryl methyl sites for hydroxylation is 1. The summed E-state index contributed by atoms with van der Waals surface area (Å²) >= 11 is 0. The van der Waals surface area contributed by atoms with Crippen molar-refractivity contribution in [2.75, 3.05) is 13.2 Å². The third kappa shape index (κ3) is 2.70. The Kier molecular flexibility index (Phi) is 4.00. The molecule has 2 aliphatic rings. The van der Waals surface area contributed by atoms with Gasteiger partial charge < -0.3 is 10.1 Å². The maximum absolute atomic E-state index is 12.2. The van der Waals surface area contributed by atoms with Crippen molar-refractivity contribution in [1.82, 2.24) is 20.2 Å². The molecule has 0 aromatic carbocycles. The average molecular weight is 280 g/mol. The van der Waals surface area contributed by atoms with Gasteiger partial charge in [0.2, 0.25) is 0 Å². The van der Waals surface area contributed by atoms with E-state index in [4.69, 9.17) is 4.74 Å². The van der Waals surface area contributed by atoms with Gasteiger partial charge in [-0.15, -0.1) is 0 Å². The molecular formula is C13H20N4O3. The number of fused-ring (bicyclic) bond motifs is 1. The largest absolute Gasteiger partial charge is 0.356 e. The van der Waals surface area contributed by atoms with Crippen LogP contribution in [0.4, 0.5) is 0 Å². The van der Waals surface area contributed by atoms with Crippen LogP contribution in [-0.4, -0.2) is 45.3 Å². The molecule has 0 spiro atoms. The second kappa shape index (κ2) is 5.90. The summed E-state index contributed by atoms with van der Waals surface area (Å²) < 4.78 is 7.25. The van der Waals surface area contributed by atoms with Gasteiger partial charge in [0, 0.05) is 19.7 Å². The SMILES string of the molecule is O=C(c1cc2n(n1)CCCNC2)N(O)C1CCCCO1. The molecule has 0 saturated carbocycles. The average Bonchev–Trinajstić information content (AvgIpc) is 2.77. The Hall–Kier alpha value is -1.44. The van der Waals surface area contributed by atoms with E-state index in [2.05, 4.69) is 10.4 Å². The predicted octanol–water partition coefficient (Wildman–Crippen LogP) is 0.734. The van der Waals surface area contributed by atoms with Gasteiger partial charge >= 0.3 is 0 Å². The van der Waals surface area contributed by atoms with Crippen LogP contribution >= 0.6 is 0 Å². The molecule has 1 saturated heterocycles. The zero-order valence-corrected chi connectivity index (χ0v) is 11.4. The first kappa shape index (κ1) is 13.5. The van der Waals surface area contributed by atoms with Crippen molar-refractivity contribution in [3.8, 4) is 0 Å². The minimum Gasteiger partial charge on any atom is -0.356 e. The quantitative estimate of drug-likeness (QED) is 0.617. The van der Waals surface area contributed by atoms with E-state index in [0.29, 0.717) is 24.6 Å². The highest BCUT2D eigenvalue weighted by atomic mass is 16.6. The number of rotatable bonds is 2. The third-order valence-electron chi connectivity index (χ3n) is 3.75. The topological polar surface area (TPSA) is 79.6 Å². The Labute approximate surface area is 117 Å². The van der Waals surface area contributed by atoms with Crippen molar-refractivity contribution < 1.29 is 14.7 Å². The van der Waals surface area contributed by atoms with E-state index in [0.717, 1.165) is 38.0 Å². The van der Waals surface area contributed by atoms with E-state index in [-0.39, 0.29) is 5.69 Å². The fourth-order valence-corrected chi connectivity index (χ4v) is 2.63. The van der Waals surface area contributed by atoms with Crippen LogP contribution in [0, 0.1) is 0 Å². The van der Waals surface area contributed by atoms with Crippen LogP contribution in [0.1, 0.15) is 41.9 Å². The number of amides is 1. The van der Waals surface area contributed by atoms with Gasteiger partial charge in [0.05, 0.1) is 5.69 Å². The lowest BCUT2D eigenvalue weighted by atomic mass is 10.2. The van der Waals surface area contributed by atoms with Crippen LogP contribution in [0.3, 0.4) is 0 Å². The Morgan fingerprint density at radius 3 is 3.20 bits per heavy atom. The Bertz CT molecular complexity index is 458. The highest BCUT2D eigenvalue weighted by Crippen LogP contribution is 2.18. The minimum absolute atomic E-state index is 0.278. The van der Waals surface area contributed by atoms with Crippen LogP contribution < -0.4 is 5.32 Å². The molecule has 0 aliphatic carbocycles. The van der Waals surface area contributed by atoms with Gasteiger partial charge in [-0.3, -0.25) is 14.7 Å². The standard InChI is InChI=1S/C13H20N4O3/c18-13(17(19)12-4-1-2-7-20-12)11-8-10-9-14-5-3-6-16(10)15-11/h8,12,14,19H,1-7,9H2. The van der Waals surface area contributed by atoms with E-state index in [9.17, 15) is 10.0 Å². The first-order chi connectivity index (χ1) is 9.75. The van der Waals surface area contributed by atoms with Crippen molar-refractivity contribution in [1.29, 1.82) is 0 Å². The Balaban J connectivity index is 1.73. The first-order valence-electron chi connectivity index (χ1n) is 7.17. The molecule has 1 aromatic rings. The van der Waals surface area contributed by atoms with Crippen molar-refractivity contribution >= 4 is 5.91 Å². The Morgan fingerprint density at radius 1 is 1.50 bits per heavy atom. The molecular weight excluding hydrogens is 260 g/mol. The van der Waals surface area contributed by atoms with Gasteiger partial charge in [0.15, 0.2) is 11.9 Å². The van der Waals surface area contributed by atoms with E-state index < -0.39 is 12.1 Å². The molecule has 110 valence electrons. The van der Waals surface area contributed by atoms with Crippen LogP contribution in [0.5, 0.6) is 0 Å². The molecule has 3 heterocycles. The summed E-state index contributed by atoms with van der Waals surface area (Å²) in [7, 11) is 0. The second-order valence-corrected chi connectivity index (χ2v) is 5.25. The second-order valence-electron chi connectivity index (χ2n) is 5.25. The van der Waals surface area contributed by atoms with E-state index in [1.165, 1.54) is 0 Å². The number of hydrogen-bond acceptors (Lipinski definition) is 5. The summed E-state index contributed by atoms with van der Waals surface area (Å²) in [6.45, 7) is 3.03. The lowest BCUT2D eigenvalue weighted by molar-refractivity contribution is -0.194. The fraction of sp³-hybridized carbons (Fsp3) is 0.692. The van der Waals surface area contributed by atoms with Crippen molar-refractivity contribution in [3.63, 3.8) is 0 Å². The first-order valence-corrected chi connectivity index (χ1v) is 7.17. The minimum atomic E-state index is -0.545. The number of hydrogen-bond donors (Lipinski definition) is 2.